The number of ether oxygens (including phenoxy) is 1. The van der Waals surface area contributed by atoms with Crippen molar-refractivity contribution in [3.05, 3.63) is 111 Å². The molecule has 1 amide bonds. The lowest BCUT2D eigenvalue weighted by molar-refractivity contribution is -0.122. The first-order valence-electron chi connectivity index (χ1n) is 11.8. The van der Waals surface area contributed by atoms with Gasteiger partial charge in [-0.3, -0.25) is 18.9 Å². The Kier molecular flexibility index (Phi) is 7.54. The summed E-state index contributed by atoms with van der Waals surface area (Å²) in [7, 11) is 1.59. The normalized spacial score (nSPS) is 15.3. The lowest BCUT2D eigenvalue weighted by atomic mass is 10.1. The predicted octanol–water partition coefficient (Wildman–Crippen LogP) is 4.25. The highest BCUT2D eigenvalue weighted by atomic mass is 32.2. The van der Waals surface area contributed by atoms with Crippen LogP contribution in [0.5, 0.6) is 5.75 Å². The molecule has 1 aliphatic rings. The molecule has 0 saturated carbocycles. The fourth-order valence-corrected chi connectivity index (χ4v) is 5.27. The van der Waals surface area contributed by atoms with Gasteiger partial charge in [-0.2, -0.15) is 0 Å². The van der Waals surface area contributed by atoms with Crippen LogP contribution < -0.4 is 15.6 Å². The molecular weight excluding hydrogens is 520 g/mol. The molecule has 3 heterocycles. The average molecular weight is 545 g/mol. The number of thioether (sulfide) groups is 1. The molecule has 192 valence electrons. The minimum absolute atomic E-state index is 0.124. The number of nitrogens with zero attached hydrogens (tertiary/aromatic N) is 3. The van der Waals surface area contributed by atoms with Crippen molar-refractivity contribution in [3.63, 3.8) is 0 Å². The van der Waals surface area contributed by atoms with Crippen molar-refractivity contribution in [1.29, 1.82) is 0 Å². The van der Waals surface area contributed by atoms with Crippen molar-refractivity contribution in [2.75, 3.05) is 19.0 Å². The monoisotopic (exact) mass is 544 g/mol. The summed E-state index contributed by atoms with van der Waals surface area (Å²) in [5.41, 5.74) is 1.94. The molecule has 0 bridgehead atoms. The third-order valence-corrected chi connectivity index (χ3v) is 7.44. The summed E-state index contributed by atoms with van der Waals surface area (Å²) in [6, 6.07) is 21.9. The Balaban J connectivity index is 1.46. The molecule has 1 aliphatic heterocycles. The van der Waals surface area contributed by atoms with Gasteiger partial charge in [0.1, 0.15) is 21.5 Å². The van der Waals surface area contributed by atoms with Crippen LogP contribution in [-0.4, -0.2) is 43.3 Å². The second-order valence-electron chi connectivity index (χ2n) is 8.53. The van der Waals surface area contributed by atoms with Crippen LogP contribution in [0.15, 0.2) is 88.7 Å². The summed E-state index contributed by atoms with van der Waals surface area (Å²) < 4.78 is 7.02. The lowest BCUT2D eigenvalue weighted by Crippen LogP contribution is -2.27. The molecule has 1 saturated heterocycles. The molecule has 0 spiro atoms. The number of nitrogens with one attached hydrogen (secondary N) is 1. The summed E-state index contributed by atoms with van der Waals surface area (Å²) in [6.45, 7) is 0.425. The SMILES string of the molecule is COc1ccc(CN2C(=O)C(=Cc3c(NCC(O)c4ccccc4)nc4ccccn4c3=O)SC2=S)cc1. The van der Waals surface area contributed by atoms with Gasteiger partial charge >= 0.3 is 0 Å². The first kappa shape index (κ1) is 25.7. The van der Waals surface area contributed by atoms with E-state index in [4.69, 9.17) is 17.0 Å². The predicted molar refractivity (Wildman–Crippen MR) is 153 cm³/mol. The Morgan fingerprint density at radius 3 is 2.55 bits per heavy atom. The zero-order valence-electron chi connectivity index (χ0n) is 20.4. The van der Waals surface area contributed by atoms with Crippen molar-refractivity contribution >= 4 is 51.7 Å². The Hall–Kier alpha value is -3.99. The van der Waals surface area contributed by atoms with Gasteiger partial charge in [-0.1, -0.05) is 72.5 Å². The van der Waals surface area contributed by atoms with Crippen LogP contribution in [-0.2, 0) is 11.3 Å². The molecule has 4 aromatic rings. The van der Waals surface area contributed by atoms with E-state index in [9.17, 15) is 14.7 Å². The van der Waals surface area contributed by atoms with Crippen LogP contribution in [0.4, 0.5) is 5.82 Å². The van der Waals surface area contributed by atoms with Crippen molar-refractivity contribution < 1.29 is 14.6 Å². The highest BCUT2D eigenvalue weighted by Gasteiger charge is 2.32. The first-order chi connectivity index (χ1) is 18.4. The molecule has 0 radical (unpaired) electrons. The zero-order chi connectivity index (χ0) is 26.6. The van der Waals surface area contributed by atoms with E-state index in [1.807, 2.05) is 54.6 Å². The van der Waals surface area contributed by atoms with Gasteiger partial charge in [-0.25, -0.2) is 4.98 Å². The summed E-state index contributed by atoms with van der Waals surface area (Å²) >= 11 is 6.63. The summed E-state index contributed by atoms with van der Waals surface area (Å²) in [4.78, 5) is 33.2. The van der Waals surface area contributed by atoms with Crippen LogP contribution in [0.25, 0.3) is 11.7 Å². The van der Waals surface area contributed by atoms with Crippen molar-refractivity contribution in [1.82, 2.24) is 14.3 Å². The maximum atomic E-state index is 13.5. The van der Waals surface area contributed by atoms with Gasteiger partial charge < -0.3 is 15.2 Å². The molecule has 1 fully saturated rings. The number of aliphatic hydroxyl groups excluding tert-OH is 1. The molecule has 2 aromatic carbocycles. The number of hydrogen-bond donors (Lipinski definition) is 2. The summed E-state index contributed by atoms with van der Waals surface area (Å²) in [5.74, 6) is 0.709. The van der Waals surface area contributed by atoms with Crippen molar-refractivity contribution in [3.8, 4) is 5.75 Å². The van der Waals surface area contributed by atoms with Gasteiger partial charge in [-0.05, 0) is 41.5 Å². The first-order valence-corrected chi connectivity index (χ1v) is 13.0. The lowest BCUT2D eigenvalue weighted by Gasteiger charge is -2.15. The van der Waals surface area contributed by atoms with E-state index >= 15 is 0 Å². The third-order valence-electron chi connectivity index (χ3n) is 6.07. The molecule has 38 heavy (non-hydrogen) atoms. The van der Waals surface area contributed by atoms with Gasteiger partial charge in [-0.15, -0.1) is 0 Å². The number of carbonyl (C=O) groups excluding carboxylic acids is 1. The Morgan fingerprint density at radius 2 is 1.82 bits per heavy atom. The number of pyridine rings is 1. The molecular formula is C28H24N4O4S2. The van der Waals surface area contributed by atoms with Gasteiger partial charge in [0, 0.05) is 12.7 Å². The zero-order valence-corrected chi connectivity index (χ0v) is 22.0. The van der Waals surface area contributed by atoms with E-state index in [1.54, 1.807) is 31.5 Å². The van der Waals surface area contributed by atoms with Crippen molar-refractivity contribution in [2.45, 2.75) is 12.6 Å². The van der Waals surface area contributed by atoms with Crippen LogP contribution in [0.3, 0.4) is 0 Å². The topological polar surface area (TPSA) is 96.2 Å². The van der Waals surface area contributed by atoms with Crippen LogP contribution in [0, 0.1) is 0 Å². The van der Waals surface area contributed by atoms with E-state index in [2.05, 4.69) is 10.3 Å². The Morgan fingerprint density at radius 1 is 1.08 bits per heavy atom. The molecule has 1 atom stereocenters. The number of benzene rings is 2. The van der Waals surface area contributed by atoms with Crippen LogP contribution in [0.1, 0.15) is 22.8 Å². The number of rotatable bonds is 8. The molecule has 5 rings (SSSR count). The molecule has 10 heteroatoms. The van der Waals surface area contributed by atoms with E-state index in [0.717, 1.165) is 28.6 Å². The molecule has 1 unspecified atom stereocenters. The van der Waals surface area contributed by atoms with E-state index in [1.165, 1.54) is 15.4 Å². The number of thiocarbonyl (C=S) groups is 1. The second kappa shape index (κ2) is 11.2. The number of aliphatic hydroxyl groups is 1. The number of aromatic nitrogens is 2. The smallest absolute Gasteiger partial charge is 0.267 e. The molecule has 8 nitrogen and oxygen atoms in total. The van der Waals surface area contributed by atoms with Gasteiger partial charge in [0.25, 0.3) is 11.5 Å². The molecule has 2 N–H and O–H groups in total. The second-order valence-corrected chi connectivity index (χ2v) is 10.2. The van der Waals surface area contributed by atoms with Gasteiger partial charge in [0.05, 0.1) is 30.2 Å². The minimum Gasteiger partial charge on any atom is -0.497 e. The molecule has 2 aromatic heterocycles. The van der Waals surface area contributed by atoms with E-state index in [0.29, 0.717) is 21.4 Å². The van der Waals surface area contributed by atoms with Crippen molar-refractivity contribution in [2.24, 2.45) is 0 Å². The summed E-state index contributed by atoms with van der Waals surface area (Å²) in [6.07, 6.45) is 2.33. The average Bonchev–Trinajstić information content (AvgIpc) is 3.21. The number of carbonyl (C=O) groups is 1. The van der Waals surface area contributed by atoms with E-state index in [-0.39, 0.29) is 29.4 Å². The van der Waals surface area contributed by atoms with Crippen LogP contribution >= 0.6 is 24.0 Å². The maximum Gasteiger partial charge on any atom is 0.267 e. The fraction of sp³-hybridized carbons (Fsp3) is 0.143. The van der Waals surface area contributed by atoms with E-state index < -0.39 is 6.10 Å². The Labute approximate surface area is 228 Å². The number of methoxy groups -OCH3 is 1. The Bertz CT molecular complexity index is 1590. The standard InChI is InChI=1S/C28H24N4O4S2/c1-36-20-12-10-18(11-13-20)17-32-27(35)23(38-28(32)37)15-21-25(29-16-22(33)19-7-3-2-4-8-19)30-24-9-5-6-14-31(24)26(21)34/h2-15,22,29,33H,16-17H2,1H3. The maximum absolute atomic E-state index is 13.5. The van der Waals surface area contributed by atoms with Crippen LogP contribution in [0.2, 0.25) is 0 Å². The minimum atomic E-state index is -0.817. The van der Waals surface area contributed by atoms with Gasteiger partial charge in [0.15, 0.2) is 0 Å². The number of amides is 1. The highest BCUT2D eigenvalue weighted by Crippen LogP contribution is 2.34. The highest BCUT2D eigenvalue weighted by molar-refractivity contribution is 8.26. The number of fused-ring (bicyclic) bond motifs is 1. The molecule has 0 aliphatic carbocycles. The van der Waals surface area contributed by atoms with Gasteiger partial charge in [0.2, 0.25) is 0 Å². The number of anilines is 1. The third kappa shape index (κ3) is 5.33. The fourth-order valence-electron chi connectivity index (χ4n) is 4.03. The largest absolute Gasteiger partial charge is 0.497 e. The quantitative estimate of drug-likeness (QED) is 0.251. The number of hydrogen-bond acceptors (Lipinski definition) is 8. The summed E-state index contributed by atoms with van der Waals surface area (Å²) in [5, 5.41) is 13.8.